The minimum absolute atomic E-state index is 0.131. The van der Waals surface area contributed by atoms with Crippen molar-refractivity contribution in [3.8, 4) is 0 Å². The number of hydrogen-bond donors (Lipinski definition) is 1. The maximum absolute atomic E-state index is 10.6. The molecule has 0 saturated carbocycles. The fourth-order valence-electron chi connectivity index (χ4n) is 2.12. The molecule has 0 saturated heterocycles. The molecule has 0 unspecified atom stereocenters. The van der Waals surface area contributed by atoms with Gasteiger partial charge in [-0.05, 0) is 72.6 Å². The van der Waals surface area contributed by atoms with E-state index >= 15 is 0 Å². The van der Waals surface area contributed by atoms with E-state index in [1.807, 2.05) is 0 Å². The van der Waals surface area contributed by atoms with Crippen LogP contribution in [0.15, 0.2) is 34.9 Å². The molecule has 0 aliphatic heterocycles. The summed E-state index contributed by atoms with van der Waals surface area (Å²) in [6.07, 6.45) is 13.3. The zero-order chi connectivity index (χ0) is 17.0. The summed E-state index contributed by atoms with van der Waals surface area (Å²) in [4.78, 5) is 0. The quantitative estimate of drug-likeness (QED) is 0.311. The van der Waals surface area contributed by atoms with Crippen LogP contribution >= 0.6 is 0 Å². The Morgan fingerprint density at radius 3 is 1.82 bits per heavy atom. The van der Waals surface area contributed by atoms with Crippen molar-refractivity contribution in [3.05, 3.63) is 34.9 Å². The molecule has 0 rings (SSSR count). The van der Waals surface area contributed by atoms with Gasteiger partial charge in [0.2, 0.25) is 0 Å². The molecule has 22 heavy (non-hydrogen) atoms. The van der Waals surface area contributed by atoms with Crippen LogP contribution in [0.3, 0.4) is 0 Å². The van der Waals surface area contributed by atoms with Crippen molar-refractivity contribution in [2.45, 2.75) is 72.6 Å². The van der Waals surface area contributed by atoms with Crippen LogP contribution in [-0.4, -0.2) is 18.7 Å². The third-order valence-electron chi connectivity index (χ3n) is 3.47. The lowest BCUT2D eigenvalue weighted by atomic mass is 10.1. The standard InChI is InChI=1S/C18H32O3S/c1-16(2)10-8-12-18(4)14-9-13-17(3)11-6-5-7-15-22(19,20)21/h10-11,14H,5-9,12-13,15H2,1-4H3,(H,19,20,21)/b17-11+,18-14+. The zero-order valence-electron chi connectivity index (χ0n) is 14.6. The minimum Gasteiger partial charge on any atom is -0.286 e. The Balaban J connectivity index is 3.85. The molecule has 4 heteroatoms. The van der Waals surface area contributed by atoms with Gasteiger partial charge in [-0.2, -0.15) is 8.42 Å². The fourth-order valence-corrected chi connectivity index (χ4v) is 2.69. The molecule has 0 spiro atoms. The van der Waals surface area contributed by atoms with Crippen molar-refractivity contribution in [1.82, 2.24) is 0 Å². The molecule has 0 aromatic carbocycles. The summed E-state index contributed by atoms with van der Waals surface area (Å²) in [5.74, 6) is -0.131. The molecule has 3 nitrogen and oxygen atoms in total. The Labute approximate surface area is 137 Å². The van der Waals surface area contributed by atoms with Gasteiger partial charge in [-0.15, -0.1) is 0 Å². The Kier molecular flexibility index (Phi) is 11.2. The summed E-state index contributed by atoms with van der Waals surface area (Å²) >= 11 is 0. The zero-order valence-corrected chi connectivity index (χ0v) is 15.4. The number of unbranched alkanes of at least 4 members (excludes halogenated alkanes) is 2. The second-order valence-corrected chi connectivity index (χ2v) is 7.81. The summed E-state index contributed by atoms with van der Waals surface area (Å²) < 4.78 is 29.8. The van der Waals surface area contributed by atoms with Crippen LogP contribution in [0.4, 0.5) is 0 Å². The lowest BCUT2D eigenvalue weighted by Gasteiger charge is -2.02. The van der Waals surface area contributed by atoms with Gasteiger partial charge >= 0.3 is 0 Å². The molecule has 128 valence electrons. The van der Waals surface area contributed by atoms with Gasteiger partial charge < -0.3 is 0 Å². The largest absolute Gasteiger partial charge is 0.286 e. The second-order valence-electron chi connectivity index (χ2n) is 6.24. The normalized spacial score (nSPS) is 13.3. The molecule has 0 aliphatic carbocycles. The topological polar surface area (TPSA) is 54.4 Å². The molecule has 0 aromatic heterocycles. The monoisotopic (exact) mass is 328 g/mol. The van der Waals surface area contributed by atoms with Gasteiger partial charge in [-0.1, -0.05) is 34.9 Å². The van der Waals surface area contributed by atoms with E-state index in [0.717, 1.165) is 38.5 Å². The highest BCUT2D eigenvalue weighted by atomic mass is 32.2. The summed E-state index contributed by atoms with van der Waals surface area (Å²) in [6.45, 7) is 8.56. The predicted molar refractivity (Wildman–Crippen MR) is 95.7 cm³/mol. The summed E-state index contributed by atoms with van der Waals surface area (Å²) in [6, 6.07) is 0. The van der Waals surface area contributed by atoms with Crippen molar-refractivity contribution in [2.75, 3.05) is 5.75 Å². The molecule has 0 radical (unpaired) electrons. The van der Waals surface area contributed by atoms with Gasteiger partial charge in [0.15, 0.2) is 0 Å². The smallest absolute Gasteiger partial charge is 0.264 e. The van der Waals surface area contributed by atoms with Crippen molar-refractivity contribution < 1.29 is 13.0 Å². The van der Waals surface area contributed by atoms with Crippen molar-refractivity contribution in [2.24, 2.45) is 0 Å². The number of rotatable bonds is 11. The summed E-state index contributed by atoms with van der Waals surface area (Å²) in [7, 11) is -3.79. The van der Waals surface area contributed by atoms with E-state index in [-0.39, 0.29) is 5.75 Å². The van der Waals surface area contributed by atoms with Crippen LogP contribution in [0.5, 0.6) is 0 Å². The van der Waals surface area contributed by atoms with Gasteiger partial charge in [0.1, 0.15) is 0 Å². The number of hydrogen-bond acceptors (Lipinski definition) is 2. The van der Waals surface area contributed by atoms with E-state index in [1.165, 1.54) is 16.7 Å². The average molecular weight is 329 g/mol. The molecule has 0 fully saturated rings. The first kappa shape index (κ1) is 21.1. The highest BCUT2D eigenvalue weighted by Gasteiger charge is 2.02. The second kappa shape index (κ2) is 11.7. The van der Waals surface area contributed by atoms with Crippen LogP contribution in [0.1, 0.15) is 72.6 Å². The molecular formula is C18H32O3S. The average Bonchev–Trinajstić information content (AvgIpc) is 2.36. The Morgan fingerprint density at radius 2 is 1.32 bits per heavy atom. The molecule has 0 heterocycles. The van der Waals surface area contributed by atoms with Gasteiger partial charge in [0.25, 0.3) is 10.1 Å². The van der Waals surface area contributed by atoms with Crippen LogP contribution in [0.2, 0.25) is 0 Å². The van der Waals surface area contributed by atoms with E-state index < -0.39 is 10.1 Å². The van der Waals surface area contributed by atoms with Crippen molar-refractivity contribution >= 4 is 10.1 Å². The molecule has 0 bridgehead atoms. The highest BCUT2D eigenvalue weighted by Crippen LogP contribution is 2.12. The number of allylic oxidation sites excluding steroid dienone is 6. The Bertz CT molecular complexity index is 492. The minimum atomic E-state index is -3.79. The van der Waals surface area contributed by atoms with Crippen molar-refractivity contribution in [1.29, 1.82) is 0 Å². The SMILES string of the molecule is CC(C)=CCC/C(C)=C/CC/C(C)=C/CCCCS(=O)(=O)O. The Hall–Kier alpha value is -0.870. The predicted octanol–water partition coefficient (Wildman–Crippen LogP) is 5.46. The van der Waals surface area contributed by atoms with E-state index in [0.29, 0.717) is 6.42 Å². The van der Waals surface area contributed by atoms with Gasteiger partial charge in [0.05, 0.1) is 5.75 Å². The van der Waals surface area contributed by atoms with Crippen molar-refractivity contribution in [3.63, 3.8) is 0 Å². The first-order chi connectivity index (χ1) is 10.2. The molecule has 1 N–H and O–H groups in total. The van der Waals surface area contributed by atoms with Gasteiger partial charge in [0, 0.05) is 0 Å². The third-order valence-corrected chi connectivity index (χ3v) is 4.28. The summed E-state index contributed by atoms with van der Waals surface area (Å²) in [5.41, 5.74) is 4.17. The van der Waals surface area contributed by atoms with Crippen LogP contribution < -0.4 is 0 Å². The van der Waals surface area contributed by atoms with Crippen LogP contribution in [0, 0.1) is 0 Å². The maximum Gasteiger partial charge on any atom is 0.264 e. The highest BCUT2D eigenvalue weighted by molar-refractivity contribution is 7.85. The third kappa shape index (κ3) is 15.5. The lowest BCUT2D eigenvalue weighted by Crippen LogP contribution is -2.03. The van der Waals surface area contributed by atoms with E-state index in [4.69, 9.17) is 4.55 Å². The molecule has 0 amide bonds. The molecular weight excluding hydrogens is 296 g/mol. The van der Waals surface area contributed by atoms with Gasteiger partial charge in [-0.3, -0.25) is 4.55 Å². The lowest BCUT2D eigenvalue weighted by molar-refractivity contribution is 0.480. The first-order valence-electron chi connectivity index (χ1n) is 8.10. The van der Waals surface area contributed by atoms with E-state index in [2.05, 4.69) is 45.9 Å². The van der Waals surface area contributed by atoms with E-state index in [9.17, 15) is 8.42 Å². The summed E-state index contributed by atoms with van der Waals surface area (Å²) in [5, 5.41) is 0. The Morgan fingerprint density at radius 1 is 0.818 bits per heavy atom. The molecule has 0 atom stereocenters. The van der Waals surface area contributed by atoms with Gasteiger partial charge in [-0.25, -0.2) is 0 Å². The van der Waals surface area contributed by atoms with E-state index in [1.54, 1.807) is 0 Å². The first-order valence-corrected chi connectivity index (χ1v) is 9.71. The molecule has 0 aliphatic rings. The van der Waals surface area contributed by atoms with Crippen LogP contribution in [0.25, 0.3) is 0 Å². The fraction of sp³-hybridized carbons (Fsp3) is 0.667. The molecule has 0 aromatic rings. The van der Waals surface area contributed by atoms with Crippen LogP contribution in [-0.2, 0) is 10.1 Å². The maximum atomic E-state index is 10.6.